The van der Waals surface area contributed by atoms with Crippen molar-refractivity contribution in [3.05, 3.63) is 60.3 Å². The van der Waals surface area contributed by atoms with E-state index in [-0.39, 0.29) is 23.8 Å². The van der Waals surface area contributed by atoms with Gasteiger partial charge in [-0.05, 0) is 43.5 Å². The molecule has 0 bridgehead atoms. The third-order valence-corrected chi connectivity index (χ3v) is 5.51. The molecule has 2 heterocycles. The monoisotopic (exact) mass is 390 g/mol. The van der Waals surface area contributed by atoms with E-state index in [4.69, 9.17) is 0 Å². The van der Waals surface area contributed by atoms with Crippen LogP contribution in [0.5, 0.6) is 0 Å². The number of nitrogens with zero attached hydrogens (tertiary/aromatic N) is 3. The second kappa shape index (κ2) is 8.07. The summed E-state index contributed by atoms with van der Waals surface area (Å²) in [5.74, 6) is 0.412. The minimum absolute atomic E-state index is 0.00785. The molecule has 0 spiro atoms. The van der Waals surface area contributed by atoms with Gasteiger partial charge in [0.1, 0.15) is 5.82 Å². The maximum Gasteiger partial charge on any atom is 0.254 e. The highest BCUT2D eigenvalue weighted by Gasteiger charge is 2.30. The fourth-order valence-electron chi connectivity index (χ4n) is 4.01. The molecule has 1 fully saturated rings. The predicted octanol–water partition coefficient (Wildman–Crippen LogP) is 4.11. The molecule has 150 valence electrons. The number of nitrogens with one attached hydrogen (secondary N) is 1. The molecule has 0 radical (unpaired) electrons. The van der Waals surface area contributed by atoms with Crippen LogP contribution in [0.3, 0.4) is 0 Å². The first-order valence-corrected chi connectivity index (χ1v) is 10.2. The number of benzene rings is 2. The van der Waals surface area contributed by atoms with E-state index < -0.39 is 0 Å². The van der Waals surface area contributed by atoms with Gasteiger partial charge in [0.05, 0.1) is 12.1 Å². The number of carbonyl (C=O) groups excluding carboxylic acids is 2. The number of aromatic nitrogens is 2. The van der Waals surface area contributed by atoms with Crippen LogP contribution in [0.15, 0.2) is 54.7 Å². The Kier molecular flexibility index (Phi) is 5.34. The highest BCUT2D eigenvalue weighted by molar-refractivity contribution is 6.07. The van der Waals surface area contributed by atoms with Crippen LogP contribution in [0.25, 0.3) is 10.8 Å². The molecule has 0 aliphatic carbocycles. The zero-order valence-corrected chi connectivity index (χ0v) is 16.8. The number of carbonyl (C=O) groups is 2. The lowest BCUT2D eigenvalue weighted by atomic mass is 9.95. The minimum Gasteiger partial charge on any atom is -0.338 e. The third-order valence-electron chi connectivity index (χ3n) is 5.51. The standard InChI is InChI=1S/C23H26N4O2/c1-16(2)27-21(12-13-24-27)25-22(28)18-9-6-14-26(15-18)23(29)20-11-5-8-17-7-3-4-10-19(17)20/h3-5,7-8,10-13,16,18H,6,9,14-15H2,1-2H3,(H,25,28). The van der Waals surface area contributed by atoms with E-state index >= 15 is 0 Å². The molecule has 0 saturated carbocycles. The van der Waals surface area contributed by atoms with Crippen LogP contribution in [-0.2, 0) is 4.79 Å². The zero-order chi connectivity index (χ0) is 20.4. The lowest BCUT2D eigenvalue weighted by Crippen LogP contribution is -2.44. The van der Waals surface area contributed by atoms with Crippen molar-refractivity contribution in [2.75, 3.05) is 18.4 Å². The summed E-state index contributed by atoms with van der Waals surface area (Å²) in [4.78, 5) is 27.9. The summed E-state index contributed by atoms with van der Waals surface area (Å²) in [7, 11) is 0. The van der Waals surface area contributed by atoms with Crippen LogP contribution in [0.1, 0.15) is 43.1 Å². The summed E-state index contributed by atoms with van der Waals surface area (Å²) in [6, 6.07) is 15.7. The van der Waals surface area contributed by atoms with E-state index in [1.807, 2.05) is 61.2 Å². The van der Waals surface area contributed by atoms with Gasteiger partial charge in [-0.1, -0.05) is 36.4 Å². The summed E-state index contributed by atoms with van der Waals surface area (Å²) >= 11 is 0. The number of hydrogen-bond donors (Lipinski definition) is 1. The van der Waals surface area contributed by atoms with Gasteiger partial charge < -0.3 is 10.2 Å². The molecule has 6 heteroatoms. The second-order valence-electron chi connectivity index (χ2n) is 7.86. The first-order valence-electron chi connectivity index (χ1n) is 10.2. The van der Waals surface area contributed by atoms with E-state index in [1.165, 1.54) is 0 Å². The average molecular weight is 390 g/mol. The SMILES string of the molecule is CC(C)n1nccc1NC(=O)C1CCCN(C(=O)c2cccc3ccccc23)C1. The van der Waals surface area contributed by atoms with Crippen molar-refractivity contribution >= 4 is 28.4 Å². The number of anilines is 1. The van der Waals surface area contributed by atoms with Crippen LogP contribution in [-0.4, -0.2) is 39.6 Å². The quantitative estimate of drug-likeness (QED) is 0.729. The highest BCUT2D eigenvalue weighted by atomic mass is 16.2. The number of piperidine rings is 1. The van der Waals surface area contributed by atoms with Gasteiger partial charge in [0.2, 0.25) is 5.91 Å². The molecular formula is C23H26N4O2. The van der Waals surface area contributed by atoms with Crippen LogP contribution in [0.4, 0.5) is 5.82 Å². The van der Waals surface area contributed by atoms with Gasteiger partial charge in [-0.3, -0.25) is 9.59 Å². The Morgan fingerprint density at radius 2 is 1.90 bits per heavy atom. The van der Waals surface area contributed by atoms with Crippen LogP contribution < -0.4 is 5.32 Å². The summed E-state index contributed by atoms with van der Waals surface area (Å²) in [5.41, 5.74) is 0.696. The van der Waals surface area contributed by atoms with Gasteiger partial charge >= 0.3 is 0 Å². The molecule has 29 heavy (non-hydrogen) atoms. The molecule has 6 nitrogen and oxygen atoms in total. The summed E-state index contributed by atoms with van der Waals surface area (Å²) in [6.07, 6.45) is 3.28. The molecule has 1 aliphatic rings. The number of likely N-dealkylation sites (tertiary alicyclic amines) is 1. The van der Waals surface area contributed by atoms with Gasteiger partial charge in [-0.25, -0.2) is 4.68 Å². The van der Waals surface area contributed by atoms with Crippen molar-refractivity contribution in [1.29, 1.82) is 0 Å². The van der Waals surface area contributed by atoms with Crippen molar-refractivity contribution in [2.24, 2.45) is 5.92 Å². The first-order chi connectivity index (χ1) is 14.0. The predicted molar refractivity (Wildman–Crippen MR) is 114 cm³/mol. The Balaban J connectivity index is 1.50. The van der Waals surface area contributed by atoms with Gasteiger partial charge in [0.25, 0.3) is 5.91 Å². The lowest BCUT2D eigenvalue weighted by Gasteiger charge is -2.32. The number of amides is 2. The molecule has 1 N–H and O–H groups in total. The molecule has 1 unspecified atom stereocenters. The zero-order valence-electron chi connectivity index (χ0n) is 16.8. The fourth-order valence-corrected chi connectivity index (χ4v) is 4.01. The Labute approximate surface area is 170 Å². The lowest BCUT2D eigenvalue weighted by molar-refractivity contribution is -0.121. The van der Waals surface area contributed by atoms with Crippen LogP contribution in [0, 0.1) is 5.92 Å². The Bertz CT molecular complexity index is 1030. The normalized spacial score (nSPS) is 16.9. The first kappa shape index (κ1) is 19.2. The van der Waals surface area contributed by atoms with Gasteiger partial charge in [0, 0.05) is 30.8 Å². The van der Waals surface area contributed by atoms with Crippen LogP contribution >= 0.6 is 0 Å². The molecule has 1 atom stereocenters. The average Bonchev–Trinajstić information content (AvgIpc) is 3.21. The smallest absolute Gasteiger partial charge is 0.254 e. The van der Waals surface area contributed by atoms with E-state index in [0.29, 0.717) is 24.5 Å². The number of fused-ring (bicyclic) bond motifs is 1. The van der Waals surface area contributed by atoms with Crippen molar-refractivity contribution in [3.63, 3.8) is 0 Å². The number of hydrogen-bond acceptors (Lipinski definition) is 3. The second-order valence-corrected chi connectivity index (χ2v) is 7.86. The molecule has 4 rings (SSSR count). The fraction of sp³-hybridized carbons (Fsp3) is 0.348. The van der Waals surface area contributed by atoms with Gasteiger partial charge in [0.15, 0.2) is 0 Å². The van der Waals surface area contributed by atoms with Crippen molar-refractivity contribution in [2.45, 2.75) is 32.7 Å². The maximum atomic E-state index is 13.2. The van der Waals surface area contributed by atoms with Gasteiger partial charge in [-0.2, -0.15) is 5.10 Å². The molecule has 1 saturated heterocycles. The molecule has 2 aromatic carbocycles. The van der Waals surface area contributed by atoms with E-state index in [2.05, 4.69) is 10.4 Å². The topological polar surface area (TPSA) is 67.2 Å². The van der Waals surface area contributed by atoms with Gasteiger partial charge in [-0.15, -0.1) is 0 Å². The Morgan fingerprint density at radius 1 is 1.10 bits per heavy atom. The van der Waals surface area contributed by atoms with Crippen molar-refractivity contribution < 1.29 is 9.59 Å². The number of rotatable bonds is 4. The molecule has 3 aromatic rings. The minimum atomic E-state index is -0.224. The molecule has 2 amide bonds. The molecular weight excluding hydrogens is 364 g/mol. The highest BCUT2D eigenvalue weighted by Crippen LogP contribution is 2.24. The molecule has 1 aromatic heterocycles. The summed E-state index contributed by atoms with van der Waals surface area (Å²) < 4.78 is 1.79. The van der Waals surface area contributed by atoms with Crippen molar-refractivity contribution in [1.82, 2.24) is 14.7 Å². The van der Waals surface area contributed by atoms with Crippen LogP contribution in [0.2, 0.25) is 0 Å². The van der Waals surface area contributed by atoms with Crippen molar-refractivity contribution in [3.8, 4) is 0 Å². The van der Waals surface area contributed by atoms with E-state index in [1.54, 1.807) is 16.9 Å². The van der Waals surface area contributed by atoms with E-state index in [0.717, 1.165) is 23.6 Å². The Hall–Kier alpha value is -3.15. The largest absolute Gasteiger partial charge is 0.338 e. The summed E-state index contributed by atoms with van der Waals surface area (Å²) in [6.45, 7) is 5.15. The maximum absolute atomic E-state index is 13.2. The Morgan fingerprint density at radius 3 is 2.72 bits per heavy atom. The molecule has 1 aliphatic heterocycles. The van der Waals surface area contributed by atoms with E-state index in [9.17, 15) is 9.59 Å². The third kappa shape index (κ3) is 3.88. The summed E-state index contributed by atoms with van der Waals surface area (Å²) in [5, 5.41) is 9.26.